The Hall–Kier alpha value is -1.57. The maximum Gasteiger partial charge on any atom is 0.126 e. The minimum absolute atomic E-state index is 0.112. The number of H-pyrrole nitrogens is 1. The molecule has 0 aliphatic heterocycles. The largest absolute Gasteiger partial charge is 0.365 e. The zero-order chi connectivity index (χ0) is 9.80. The van der Waals surface area contributed by atoms with Crippen LogP contribution in [0.15, 0.2) is 42.6 Å². The lowest BCUT2D eigenvalue weighted by molar-refractivity contribution is 0.608. The highest BCUT2D eigenvalue weighted by Gasteiger charge is 2.00. The molecule has 2 rings (SSSR count). The molecule has 0 bridgehead atoms. The topological polar surface area (TPSA) is 15.8 Å². The SMILES string of the molecule is Fc1ccccc1CCc1ccc[nH]1. The molecule has 2 heteroatoms. The van der Waals surface area contributed by atoms with Crippen LogP contribution in [0, 0.1) is 5.82 Å². The predicted octanol–water partition coefficient (Wildman–Crippen LogP) is 2.94. The van der Waals surface area contributed by atoms with Crippen molar-refractivity contribution in [3.63, 3.8) is 0 Å². The summed E-state index contributed by atoms with van der Waals surface area (Å²) in [4.78, 5) is 3.10. The van der Waals surface area contributed by atoms with Gasteiger partial charge in [-0.3, -0.25) is 0 Å². The first-order chi connectivity index (χ1) is 6.86. The fourth-order valence-corrected chi connectivity index (χ4v) is 1.49. The maximum atomic E-state index is 13.2. The molecule has 1 heterocycles. The second-order valence-corrected chi connectivity index (χ2v) is 3.29. The zero-order valence-electron chi connectivity index (χ0n) is 7.83. The highest BCUT2D eigenvalue weighted by molar-refractivity contribution is 5.18. The van der Waals surface area contributed by atoms with Crippen molar-refractivity contribution in [2.45, 2.75) is 12.8 Å². The summed E-state index contributed by atoms with van der Waals surface area (Å²) in [6.45, 7) is 0. The van der Waals surface area contributed by atoms with Crippen molar-refractivity contribution in [2.24, 2.45) is 0 Å². The minimum atomic E-state index is -0.112. The van der Waals surface area contributed by atoms with E-state index < -0.39 is 0 Å². The van der Waals surface area contributed by atoms with Crippen LogP contribution in [0.25, 0.3) is 0 Å². The van der Waals surface area contributed by atoms with E-state index in [0.717, 1.165) is 24.1 Å². The molecule has 2 aromatic rings. The van der Waals surface area contributed by atoms with Gasteiger partial charge in [0.05, 0.1) is 0 Å². The summed E-state index contributed by atoms with van der Waals surface area (Å²) in [6.07, 6.45) is 3.48. The lowest BCUT2D eigenvalue weighted by Gasteiger charge is -2.01. The Morgan fingerprint density at radius 1 is 1.00 bits per heavy atom. The molecular weight excluding hydrogens is 177 g/mol. The van der Waals surface area contributed by atoms with Crippen LogP contribution in [0.1, 0.15) is 11.3 Å². The molecular formula is C12H12FN. The number of halogens is 1. The van der Waals surface area contributed by atoms with Gasteiger partial charge in [0, 0.05) is 11.9 Å². The molecule has 0 radical (unpaired) electrons. The smallest absolute Gasteiger partial charge is 0.126 e. The molecule has 0 amide bonds. The number of aromatic amines is 1. The van der Waals surface area contributed by atoms with Gasteiger partial charge in [0.1, 0.15) is 5.82 Å². The average molecular weight is 189 g/mol. The van der Waals surface area contributed by atoms with Crippen molar-refractivity contribution in [3.05, 3.63) is 59.7 Å². The van der Waals surface area contributed by atoms with E-state index in [-0.39, 0.29) is 5.82 Å². The number of benzene rings is 1. The quantitative estimate of drug-likeness (QED) is 0.764. The summed E-state index contributed by atoms with van der Waals surface area (Å²) in [6, 6.07) is 10.9. The molecule has 0 atom stereocenters. The van der Waals surface area contributed by atoms with Crippen molar-refractivity contribution in [2.75, 3.05) is 0 Å². The van der Waals surface area contributed by atoms with Crippen LogP contribution in [-0.2, 0) is 12.8 Å². The monoisotopic (exact) mass is 189 g/mol. The molecule has 0 aliphatic carbocycles. The van der Waals surface area contributed by atoms with Crippen molar-refractivity contribution < 1.29 is 4.39 Å². The first-order valence-electron chi connectivity index (χ1n) is 4.72. The maximum absolute atomic E-state index is 13.2. The lowest BCUT2D eigenvalue weighted by atomic mass is 10.1. The second kappa shape index (κ2) is 4.09. The van der Waals surface area contributed by atoms with Crippen molar-refractivity contribution in [1.29, 1.82) is 0 Å². The molecule has 0 spiro atoms. The second-order valence-electron chi connectivity index (χ2n) is 3.29. The molecule has 0 aliphatic rings. The lowest BCUT2D eigenvalue weighted by Crippen LogP contribution is -1.94. The van der Waals surface area contributed by atoms with E-state index in [2.05, 4.69) is 4.98 Å². The standard InChI is InChI=1S/C12H12FN/c13-12-6-2-1-4-10(12)7-8-11-5-3-9-14-11/h1-6,9,14H,7-8H2. The molecule has 1 aromatic heterocycles. The number of nitrogens with one attached hydrogen (secondary N) is 1. The zero-order valence-corrected chi connectivity index (χ0v) is 7.83. The molecule has 0 saturated carbocycles. The van der Waals surface area contributed by atoms with Gasteiger partial charge in [0.2, 0.25) is 0 Å². The van der Waals surface area contributed by atoms with E-state index in [1.807, 2.05) is 30.5 Å². The number of hydrogen-bond donors (Lipinski definition) is 1. The Labute approximate surface area is 82.6 Å². The van der Waals surface area contributed by atoms with Gasteiger partial charge in [-0.25, -0.2) is 4.39 Å². The molecule has 72 valence electrons. The van der Waals surface area contributed by atoms with Gasteiger partial charge >= 0.3 is 0 Å². The van der Waals surface area contributed by atoms with Crippen LogP contribution in [0.5, 0.6) is 0 Å². The summed E-state index contributed by atoms with van der Waals surface area (Å²) in [5, 5.41) is 0. The number of hydrogen-bond acceptors (Lipinski definition) is 0. The summed E-state index contributed by atoms with van der Waals surface area (Å²) in [7, 11) is 0. The average Bonchev–Trinajstić information content (AvgIpc) is 2.69. The van der Waals surface area contributed by atoms with Crippen molar-refractivity contribution in [3.8, 4) is 0 Å². The summed E-state index contributed by atoms with van der Waals surface area (Å²) in [5.41, 5.74) is 1.93. The highest BCUT2D eigenvalue weighted by atomic mass is 19.1. The van der Waals surface area contributed by atoms with Gasteiger partial charge in [-0.1, -0.05) is 18.2 Å². The van der Waals surface area contributed by atoms with Crippen molar-refractivity contribution in [1.82, 2.24) is 4.98 Å². The molecule has 14 heavy (non-hydrogen) atoms. The Balaban J connectivity index is 2.02. The highest BCUT2D eigenvalue weighted by Crippen LogP contribution is 2.09. The van der Waals surface area contributed by atoms with Gasteiger partial charge in [-0.15, -0.1) is 0 Å². The van der Waals surface area contributed by atoms with Crippen LogP contribution >= 0.6 is 0 Å². The van der Waals surface area contributed by atoms with Gasteiger partial charge in [-0.2, -0.15) is 0 Å². The minimum Gasteiger partial charge on any atom is -0.365 e. The fourth-order valence-electron chi connectivity index (χ4n) is 1.49. The molecule has 1 N–H and O–H groups in total. The third kappa shape index (κ3) is 2.02. The third-order valence-electron chi connectivity index (χ3n) is 2.28. The Kier molecular flexibility index (Phi) is 2.63. The van der Waals surface area contributed by atoms with E-state index in [1.54, 1.807) is 6.07 Å². The number of aromatic nitrogens is 1. The summed E-state index contributed by atoms with van der Waals surface area (Å²) in [5.74, 6) is -0.112. The first-order valence-corrected chi connectivity index (χ1v) is 4.72. The normalized spacial score (nSPS) is 10.4. The van der Waals surface area contributed by atoms with E-state index >= 15 is 0 Å². The Bertz CT molecular complexity index is 392. The summed E-state index contributed by atoms with van der Waals surface area (Å²) >= 11 is 0. The third-order valence-corrected chi connectivity index (χ3v) is 2.28. The number of rotatable bonds is 3. The van der Waals surface area contributed by atoms with Gasteiger partial charge in [0.15, 0.2) is 0 Å². The Morgan fingerprint density at radius 2 is 1.86 bits per heavy atom. The van der Waals surface area contributed by atoms with Crippen LogP contribution in [0.4, 0.5) is 4.39 Å². The van der Waals surface area contributed by atoms with Crippen LogP contribution in [0.2, 0.25) is 0 Å². The van der Waals surface area contributed by atoms with Crippen LogP contribution in [-0.4, -0.2) is 4.98 Å². The van der Waals surface area contributed by atoms with Crippen LogP contribution in [0.3, 0.4) is 0 Å². The van der Waals surface area contributed by atoms with Gasteiger partial charge in [0.25, 0.3) is 0 Å². The molecule has 1 aromatic carbocycles. The molecule has 0 fully saturated rings. The molecule has 0 unspecified atom stereocenters. The van der Waals surface area contributed by atoms with E-state index in [0.29, 0.717) is 0 Å². The van der Waals surface area contributed by atoms with E-state index in [9.17, 15) is 4.39 Å². The Morgan fingerprint density at radius 3 is 2.57 bits per heavy atom. The predicted molar refractivity (Wildman–Crippen MR) is 54.6 cm³/mol. The number of aryl methyl sites for hydroxylation is 2. The molecule has 1 nitrogen and oxygen atoms in total. The van der Waals surface area contributed by atoms with E-state index in [1.165, 1.54) is 6.07 Å². The van der Waals surface area contributed by atoms with E-state index in [4.69, 9.17) is 0 Å². The van der Waals surface area contributed by atoms with Crippen LogP contribution < -0.4 is 0 Å². The first kappa shape index (κ1) is 9.00. The van der Waals surface area contributed by atoms with Gasteiger partial charge < -0.3 is 4.98 Å². The van der Waals surface area contributed by atoms with Gasteiger partial charge in [-0.05, 0) is 36.6 Å². The molecule has 0 saturated heterocycles. The summed E-state index contributed by atoms with van der Waals surface area (Å²) < 4.78 is 13.2. The van der Waals surface area contributed by atoms with Crippen molar-refractivity contribution >= 4 is 0 Å². The fraction of sp³-hybridized carbons (Fsp3) is 0.167.